The molecular formula is C25H27N3O3. The van der Waals surface area contributed by atoms with Crippen LogP contribution in [0, 0.1) is 27.7 Å². The SMILES string of the molecule is CC[C@@H]1Oc2ccc(C(=O)n3nc(C)cc3C)cc2N(Cc2cc(C)ccc2C)C1=O. The Morgan fingerprint density at radius 2 is 1.84 bits per heavy atom. The molecule has 1 aromatic heterocycles. The number of hydrogen-bond acceptors (Lipinski definition) is 4. The molecule has 0 saturated heterocycles. The van der Waals surface area contributed by atoms with Crippen LogP contribution in [0.25, 0.3) is 0 Å². The highest BCUT2D eigenvalue weighted by Gasteiger charge is 2.34. The molecular weight excluding hydrogens is 390 g/mol. The van der Waals surface area contributed by atoms with E-state index in [4.69, 9.17) is 4.74 Å². The first kappa shape index (κ1) is 20.8. The number of hydrogen-bond donors (Lipinski definition) is 0. The van der Waals surface area contributed by atoms with E-state index in [1.165, 1.54) is 4.68 Å². The Morgan fingerprint density at radius 1 is 1.06 bits per heavy atom. The van der Waals surface area contributed by atoms with Gasteiger partial charge in [0.2, 0.25) is 0 Å². The summed E-state index contributed by atoms with van der Waals surface area (Å²) in [7, 11) is 0. The van der Waals surface area contributed by atoms with Gasteiger partial charge in [0, 0.05) is 11.3 Å². The fraction of sp³-hybridized carbons (Fsp3) is 0.320. The molecule has 1 amide bonds. The van der Waals surface area contributed by atoms with Crippen molar-refractivity contribution in [3.05, 3.63) is 76.1 Å². The number of nitrogens with zero attached hydrogens (tertiary/aromatic N) is 3. The van der Waals surface area contributed by atoms with Crippen molar-refractivity contribution >= 4 is 17.5 Å². The monoisotopic (exact) mass is 417 g/mol. The first-order valence-electron chi connectivity index (χ1n) is 10.5. The van der Waals surface area contributed by atoms with Crippen LogP contribution in [0.15, 0.2) is 42.5 Å². The Morgan fingerprint density at radius 3 is 2.52 bits per heavy atom. The van der Waals surface area contributed by atoms with Crippen molar-refractivity contribution in [1.82, 2.24) is 9.78 Å². The molecule has 3 aromatic rings. The average molecular weight is 418 g/mol. The smallest absolute Gasteiger partial charge is 0.278 e. The molecule has 0 bridgehead atoms. The van der Waals surface area contributed by atoms with Crippen LogP contribution >= 0.6 is 0 Å². The van der Waals surface area contributed by atoms with Gasteiger partial charge in [0.05, 0.1) is 17.9 Å². The summed E-state index contributed by atoms with van der Waals surface area (Å²) < 4.78 is 7.35. The second-order valence-corrected chi connectivity index (χ2v) is 8.20. The zero-order valence-electron chi connectivity index (χ0n) is 18.6. The van der Waals surface area contributed by atoms with E-state index in [2.05, 4.69) is 23.3 Å². The zero-order valence-corrected chi connectivity index (χ0v) is 18.6. The molecule has 1 aliphatic rings. The van der Waals surface area contributed by atoms with Crippen LogP contribution in [0.3, 0.4) is 0 Å². The summed E-state index contributed by atoms with van der Waals surface area (Å²) in [6.07, 6.45) is 0.0452. The third-order valence-electron chi connectivity index (χ3n) is 5.71. The van der Waals surface area contributed by atoms with Crippen molar-refractivity contribution in [3.8, 4) is 5.75 Å². The molecule has 0 spiro atoms. The van der Waals surface area contributed by atoms with Crippen molar-refractivity contribution < 1.29 is 14.3 Å². The molecule has 0 unspecified atom stereocenters. The standard InChI is InChI=1S/C25H27N3O3/c1-6-22-25(30)27(14-20-11-15(2)7-8-16(20)3)21-13-19(9-10-23(21)31-22)24(29)28-18(5)12-17(4)26-28/h7-13,22H,6,14H2,1-5H3/t22-/m0/s1. The van der Waals surface area contributed by atoms with Crippen LogP contribution < -0.4 is 9.64 Å². The predicted octanol–water partition coefficient (Wildman–Crippen LogP) is 4.51. The van der Waals surface area contributed by atoms with E-state index in [0.29, 0.717) is 30.0 Å². The maximum absolute atomic E-state index is 13.2. The van der Waals surface area contributed by atoms with Gasteiger partial charge in [0.25, 0.3) is 11.8 Å². The van der Waals surface area contributed by atoms with Gasteiger partial charge < -0.3 is 9.64 Å². The maximum Gasteiger partial charge on any atom is 0.278 e. The highest BCUT2D eigenvalue weighted by atomic mass is 16.5. The molecule has 1 aliphatic heterocycles. The van der Waals surface area contributed by atoms with Crippen molar-refractivity contribution in [2.24, 2.45) is 0 Å². The van der Waals surface area contributed by atoms with E-state index in [9.17, 15) is 9.59 Å². The topological polar surface area (TPSA) is 64.4 Å². The number of ether oxygens (including phenoxy) is 1. The molecule has 0 fully saturated rings. The fourth-order valence-corrected chi connectivity index (χ4v) is 3.98. The summed E-state index contributed by atoms with van der Waals surface area (Å²) in [5, 5.41) is 4.30. The lowest BCUT2D eigenvalue weighted by Gasteiger charge is -2.34. The minimum absolute atomic E-state index is 0.0911. The number of benzene rings is 2. The van der Waals surface area contributed by atoms with Crippen LogP contribution in [0.4, 0.5) is 5.69 Å². The molecule has 2 heterocycles. The summed E-state index contributed by atoms with van der Waals surface area (Å²) in [5.74, 6) is 0.290. The molecule has 0 aliphatic carbocycles. The number of aromatic nitrogens is 2. The van der Waals surface area contributed by atoms with Gasteiger partial charge in [0.15, 0.2) is 6.10 Å². The summed E-state index contributed by atoms with van der Waals surface area (Å²) in [4.78, 5) is 28.1. The number of aryl methyl sites for hydroxylation is 4. The van der Waals surface area contributed by atoms with Crippen molar-refractivity contribution in [1.29, 1.82) is 0 Å². The van der Waals surface area contributed by atoms with Crippen molar-refractivity contribution in [2.45, 2.75) is 53.7 Å². The number of fused-ring (bicyclic) bond motifs is 1. The van der Waals surface area contributed by atoms with E-state index >= 15 is 0 Å². The quantitative estimate of drug-likeness (QED) is 0.627. The van der Waals surface area contributed by atoms with Crippen LogP contribution in [-0.2, 0) is 11.3 Å². The van der Waals surface area contributed by atoms with Crippen LogP contribution in [0.5, 0.6) is 5.75 Å². The van der Waals surface area contributed by atoms with E-state index in [1.807, 2.05) is 40.7 Å². The van der Waals surface area contributed by atoms with Gasteiger partial charge in [-0.2, -0.15) is 5.10 Å². The van der Waals surface area contributed by atoms with Gasteiger partial charge >= 0.3 is 0 Å². The maximum atomic E-state index is 13.2. The van der Waals surface area contributed by atoms with E-state index in [1.54, 1.807) is 23.1 Å². The summed E-state index contributed by atoms with van der Waals surface area (Å²) in [6.45, 7) is 10.1. The van der Waals surface area contributed by atoms with Gasteiger partial charge in [-0.05, 0) is 69.5 Å². The van der Waals surface area contributed by atoms with Gasteiger partial charge in [-0.3, -0.25) is 9.59 Å². The summed E-state index contributed by atoms with van der Waals surface area (Å²) >= 11 is 0. The number of amides is 1. The van der Waals surface area contributed by atoms with Gasteiger partial charge in [0.1, 0.15) is 5.75 Å². The number of carbonyl (C=O) groups excluding carboxylic acids is 2. The molecule has 6 heteroatoms. The first-order chi connectivity index (χ1) is 14.8. The molecule has 4 rings (SSSR count). The highest BCUT2D eigenvalue weighted by Crippen LogP contribution is 2.37. The lowest BCUT2D eigenvalue weighted by atomic mass is 10.0. The fourth-order valence-electron chi connectivity index (χ4n) is 3.98. The summed E-state index contributed by atoms with van der Waals surface area (Å²) in [5.41, 5.74) is 5.96. The Bertz CT molecular complexity index is 1180. The van der Waals surface area contributed by atoms with E-state index < -0.39 is 6.10 Å². The second-order valence-electron chi connectivity index (χ2n) is 8.20. The molecule has 31 heavy (non-hydrogen) atoms. The third kappa shape index (κ3) is 3.85. The zero-order chi connectivity index (χ0) is 22.3. The Balaban J connectivity index is 1.77. The number of rotatable bonds is 4. The lowest BCUT2D eigenvalue weighted by molar-refractivity contribution is -0.126. The molecule has 0 saturated carbocycles. The number of anilines is 1. The average Bonchev–Trinajstić information content (AvgIpc) is 3.09. The van der Waals surface area contributed by atoms with Crippen molar-refractivity contribution in [2.75, 3.05) is 4.90 Å². The summed E-state index contributed by atoms with van der Waals surface area (Å²) in [6, 6.07) is 13.3. The number of carbonyl (C=O) groups is 2. The molecule has 0 N–H and O–H groups in total. The Labute approximate surface area is 182 Å². The molecule has 0 radical (unpaired) electrons. The third-order valence-corrected chi connectivity index (χ3v) is 5.71. The minimum Gasteiger partial charge on any atom is -0.478 e. The van der Waals surface area contributed by atoms with Crippen LogP contribution in [-0.4, -0.2) is 27.7 Å². The second kappa shape index (κ2) is 8.02. The Hall–Kier alpha value is -3.41. The predicted molar refractivity (Wildman–Crippen MR) is 120 cm³/mol. The van der Waals surface area contributed by atoms with Crippen LogP contribution in [0.1, 0.15) is 51.8 Å². The molecule has 6 nitrogen and oxygen atoms in total. The Kier molecular flexibility index (Phi) is 5.39. The first-order valence-corrected chi connectivity index (χ1v) is 10.5. The molecule has 160 valence electrons. The van der Waals surface area contributed by atoms with E-state index in [0.717, 1.165) is 28.1 Å². The normalized spacial score (nSPS) is 15.6. The highest BCUT2D eigenvalue weighted by molar-refractivity contribution is 6.03. The largest absolute Gasteiger partial charge is 0.478 e. The van der Waals surface area contributed by atoms with Gasteiger partial charge in [-0.25, -0.2) is 4.68 Å². The minimum atomic E-state index is -0.532. The molecule has 2 aromatic carbocycles. The van der Waals surface area contributed by atoms with E-state index in [-0.39, 0.29) is 11.8 Å². The lowest BCUT2D eigenvalue weighted by Crippen LogP contribution is -2.45. The van der Waals surface area contributed by atoms with Crippen molar-refractivity contribution in [3.63, 3.8) is 0 Å². The van der Waals surface area contributed by atoms with Crippen LogP contribution in [0.2, 0.25) is 0 Å². The van der Waals surface area contributed by atoms with Gasteiger partial charge in [-0.15, -0.1) is 0 Å². The molecule has 1 atom stereocenters. The van der Waals surface area contributed by atoms with Gasteiger partial charge in [-0.1, -0.05) is 30.7 Å².